The van der Waals surface area contributed by atoms with Crippen molar-refractivity contribution in [1.29, 1.82) is 0 Å². The Balaban J connectivity index is 1.67. The van der Waals surface area contributed by atoms with Crippen LogP contribution in [0.25, 0.3) is 16.9 Å². The topological polar surface area (TPSA) is 61.4 Å². The molecular formula is C20H20N6. The van der Waals surface area contributed by atoms with Gasteiger partial charge in [-0.15, -0.1) is 5.10 Å². The lowest BCUT2D eigenvalue weighted by Crippen LogP contribution is -2.14. The van der Waals surface area contributed by atoms with E-state index in [9.17, 15) is 0 Å². The predicted molar refractivity (Wildman–Crippen MR) is 99.4 cm³/mol. The number of benzene rings is 1. The molecule has 0 aliphatic heterocycles. The molecule has 1 aromatic carbocycles. The van der Waals surface area contributed by atoms with Crippen LogP contribution in [0.1, 0.15) is 48.9 Å². The van der Waals surface area contributed by atoms with Crippen LogP contribution in [0, 0.1) is 6.92 Å². The molecule has 3 aromatic heterocycles. The van der Waals surface area contributed by atoms with Crippen LogP contribution >= 0.6 is 0 Å². The van der Waals surface area contributed by atoms with Crippen molar-refractivity contribution in [3.05, 3.63) is 66.1 Å². The Morgan fingerprint density at radius 1 is 1.08 bits per heavy atom. The summed E-state index contributed by atoms with van der Waals surface area (Å²) in [4.78, 5) is 14.0. The smallest absolute Gasteiger partial charge is 0.158 e. The lowest BCUT2D eigenvalue weighted by molar-refractivity contribution is 0.588. The van der Waals surface area contributed by atoms with E-state index in [2.05, 4.69) is 40.5 Å². The van der Waals surface area contributed by atoms with Crippen LogP contribution in [0.4, 0.5) is 0 Å². The minimum atomic E-state index is 0.00352. The van der Waals surface area contributed by atoms with Gasteiger partial charge in [-0.2, -0.15) is 4.68 Å². The summed E-state index contributed by atoms with van der Waals surface area (Å²) < 4.78 is 4.08. The number of nitrogens with zero attached hydrogens (tertiary/aromatic N) is 6. The van der Waals surface area contributed by atoms with Crippen molar-refractivity contribution < 1.29 is 0 Å². The van der Waals surface area contributed by atoms with E-state index in [1.165, 1.54) is 12.8 Å². The Hall–Kier alpha value is -3.02. The Bertz CT molecular complexity index is 1090. The minimum Gasteiger partial charge on any atom is -0.320 e. The van der Waals surface area contributed by atoms with E-state index in [-0.39, 0.29) is 6.04 Å². The zero-order valence-electron chi connectivity index (χ0n) is 14.9. The Kier molecular flexibility index (Phi) is 3.38. The second-order valence-corrected chi connectivity index (χ2v) is 6.97. The fourth-order valence-electron chi connectivity index (χ4n) is 3.39. The van der Waals surface area contributed by atoms with Gasteiger partial charge in [0.1, 0.15) is 0 Å². The van der Waals surface area contributed by atoms with Crippen molar-refractivity contribution in [2.24, 2.45) is 0 Å². The Labute approximate surface area is 151 Å². The van der Waals surface area contributed by atoms with Crippen LogP contribution in [0.3, 0.4) is 0 Å². The van der Waals surface area contributed by atoms with E-state index >= 15 is 0 Å². The summed E-state index contributed by atoms with van der Waals surface area (Å²) in [5.41, 5.74) is 3.17. The largest absolute Gasteiger partial charge is 0.320 e. The van der Waals surface area contributed by atoms with Crippen LogP contribution < -0.4 is 0 Å². The monoisotopic (exact) mass is 344 g/mol. The number of hydrogen-bond acceptors (Lipinski definition) is 4. The maximum absolute atomic E-state index is 4.92. The fourth-order valence-corrected chi connectivity index (χ4v) is 3.39. The summed E-state index contributed by atoms with van der Waals surface area (Å²) >= 11 is 0. The third-order valence-corrected chi connectivity index (χ3v) is 5.05. The van der Waals surface area contributed by atoms with Gasteiger partial charge in [0, 0.05) is 12.1 Å². The summed E-state index contributed by atoms with van der Waals surface area (Å²) in [5.74, 6) is 3.17. The molecule has 3 heterocycles. The average Bonchev–Trinajstić information content (AvgIpc) is 3.28. The molecule has 0 bridgehead atoms. The highest BCUT2D eigenvalue weighted by Gasteiger charge is 2.31. The molecule has 130 valence electrons. The molecule has 0 N–H and O–H groups in total. The number of hydrogen-bond donors (Lipinski definition) is 0. The Morgan fingerprint density at radius 2 is 1.92 bits per heavy atom. The summed E-state index contributed by atoms with van der Waals surface area (Å²) in [6, 6.07) is 12.2. The number of aromatic nitrogens is 6. The second kappa shape index (κ2) is 5.76. The lowest BCUT2D eigenvalue weighted by Gasteiger charge is -2.15. The molecule has 1 atom stereocenters. The van der Waals surface area contributed by atoms with Gasteiger partial charge >= 0.3 is 0 Å². The summed E-state index contributed by atoms with van der Waals surface area (Å²) in [5, 5.41) is 4.82. The molecule has 5 rings (SSSR count). The summed E-state index contributed by atoms with van der Waals surface area (Å²) in [6.45, 7) is 4.20. The van der Waals surface area contributed by atoms with Crippen molar-refractivity contribution in [3.8, 4) is 5.82 Å². The normalized spacial score (nSPS) is 15.5. The SMILES string of the molecule is Cc1cccnc1-n1nc(C2CC2)nc1C(C)n1cnc2ccccc21. The van der Waals surface area contributed by atoms with Crippen molar-refractivity contribution in [3.63, 3.8) is 0 Å². The van der Waals surface area contributed by atoms with E-state index < -0.39 is 0 Å². The molecule has 4 aromatic rings. The van der Waals surface area contributed by atoms with Gasteiger partial charge < -0.3 is 4.57 Å². The maximum atomic E-state index is 4.92. The van der Waals surface area contributed by atoms with Gasteiger partial charge in [-0.25, -0.2) is 15.0 Å². The highest BCUT2D eigenvalue weighted by molar-refractivity contribution is 5.75. The molecule has 1 saturated carbocycles. The summed E-state index contributed by atoms with van der Waals surface area (Å²) in [6.07, 6.45) is 6.04. The van der Waals surface area contributed by atoms with Gasteiger partial charge in [-0.05, 0) is 50.5 Å². The second-order valence-electron chi connectivity index (χ2n) is 6.97. The zero-order chi connectivity index (χ0) is 17.7. The molecule has 0 amide bonds. The van der Waals surface area contributed by atoms with E-state index in [0.717, 1.165) is 34.1 Å². The third-order valence-electron chi connectivity index (χ3n) is 5.05. The van der Waals surface area contributed by atoms with Gasteiger partial charge in [0.25, 0.3) is 0 Å². The van der Waals surface area contributed by atoms with Crippen molar-refractivity contribution in [2.75, 3.05) is 0 Å². The standard InChI is InChI=1S/C20H20N6/c1-13-6-5-11-21-19(13)26-20(23-18(24-26)15-9-10-15)14(2)25-12-22-16-7-3-4-8-17(16)25/h3-8,11-12,14-15H,9-10H2,1-2H3. The van der Waals surface area contributed by atoms with Gasteiger partial charge in [-0.3, -0.25) is 0 Å². The average molecular weight is 344 g/mol. The number of pyridine rings is 1. The summed E-state index contributed by atoms with van der Waals surface area (Å²) in [7, 11) is 0. The molecular weight excluding hydrogens is 324 g/mol. The number of aryl methyl sites for hydroxylation is 1. The third kappa shape index (κ3) is 2.41. The van der Waals surface area contributed by atoms with Crippen LogP contribution in [0.15, 0.2) is 48.9 Å². The minimum absolute atomic E-state index is 0.00352. The lowest BCUT2D eigenvalue weighted by atomic mass is 10.2. The van der Waals surface area contributed by atoms with Gasteiger partial charge in [0.2, 0.25) is 0 Å². The van der Waals surface area contributed by atoms with Crippen LogP contribution in [0.5, 0.6) is 0 Å². The van der Waals surface area contributed by atoms with Crippen molar-refractivity contribution >= 4 is 11.0 Å². The molecule has 26 heavy (non-hydrogen) atoms. The number of rotatable bonds is 4. The van der Waals surface area contributed by atoms with Crippen LogP contribution in [-0.2, 0) is 0 Å². The quantitative estimate of drug-likeness (QED) is 0.565. The number of imidazole rings is 1. The Morgan fingerprint density at radius 3 is 2.73 bits per heavy atom. The number of para-hydroxylation sites is 2. The molecule has 6 heteroatoms. The first-order chi connectivity index (χ1) is 12.7. The molecule has 0 spiro atoms. The van der Waals surface area contributed by atoms with Gasteiger partial charge in [0.05, 0.1) is 23.4 Å². The zero-order valence-corrected chi connectivity index (χ0v) is 14.9. The molecule has 1 unspecified atom stereocenters. The highest BCUT2D eigenvalue weighted by Crippen LogP contribution is 2.39. The molecule has 0 radical (unpaired) electrons. The molecule has 6 nitrogen and oxygen atoms in total. The van der Waals surface area contributed by atoms with E-state index in [0.29, 0.717) is 5.92 Å². The van der Waals surface area contributed by atoms with Crippen molar-refractivity contribution in [1.82, 2.24) is 29.3 Å². The van der Waals surface area contributed by atoms with Crippen LogP contribution in [0.2, 0.25) is 0 Å². The van der Waals surface area contributed by atoms with E-state index in [1.54, 1.807) is 0 Å². The molecule has 1 aliphatic carbocycles. The van der Waals surface area contributed by atoms with Crippen LogP contribution in [-0.4, -0.2) is 29.3 Å². The number of fused-ring (bicyclic) bond motifs is 1. The molecule has 1 fully saturated rings. The highest BCUT2D eigenvalue weighted by atomic mass is 15.4. The first kappa shape index (κ1) is 15.3. The maximum Gasteiger partial charge on any atom is 0.158 e. The van der Waals surface area contributed by atoms with Crippen molar-refractivity contribution in [2.45, 2.75) is 38.6 Å². The van der Waals surface area contributed by atoms with E-state index in [4.69, 9.17) is 10.1 Å². The van der Waals surface area contributed by atoms with Gasteiger partial charge in [0.15, 0.2) is 17.5 Å². The first-order valence-electron chi connectivity index (χ1n) is 9.03. The fraction of sp³-hybridized carbons (Fsp3) is 0.300. The van der Waals surface area contributed by atoms with Gasteiger partial charge in [-0.1, -0.05) is 18.2 Å². The van der Waals surface area contributed by atoms with E-state index in [1.807, 2.05) is 41.5 Å². The molecule has 0 saturated heterocycles. The first-order valence-corrected chi connectivity index (χ1v) is 9.03. The molecule has 1 aliphatic rings. The predicted octanol–water partition coefficient (Wildman–Crippen LogP) is 3.81.